The molecule has 0 unspecified atom stereocenters. The van der Waals surface area contributed by atoms with Gasteiger partial charge in [-0.2, -0.15) is 5.10 Å². The number of aromatic nitrogens is 4. The Morgan fingerprint density at radius 3 is 2.83 bits per heavy atom. The first-order chi connectivity index (χ1) is 11.7. The van der Waals surface area contributed by atoms with Crippen molar-refractivity contribution >= 4 is 16.7 Å². The van der Waals surface area contributed by atoms with E-state index in [4.69, 9.17) is 0 Å². The van der Waals surface area contributed by atoms with Crippen molar-refractivity contribution in [2.45, 2.75) is 25.8 Å². The van der Waals surface area contributed by atoms with Crippen molar-refractivity contribution in [3.8, 4) is 11.5 Å². The molecule has 2 aromatic heterocycles. The minimum Gasteiger partial charge on any atom is -0.382 e. The Kier molecular flexibility index (Phi) is 3.82. The number of fused-ring (bicyclic) bond motifs is 1. The molecule has 0 spiro atoms. The van der Waals surface area contributed by atoms with Crippen molar-refractivity contribution in [1.82, 2.24) is 30.8 Å². The molecule has 6 nitrogen and oxygen atoms in total. The molecule has 0 amide bonds. The Bertz CT molecular complexity index is 836. The minimum atomic E-state index is 0.455. The highest BCUT2D eigenvalue weighted by molar-refractivity contribution is 5.82. The van der Waals surface area contributed by atoms with E-state index in [-0.39, 0.29) is 0 Å². The Balaban J connectivity index is 1.66. The number of imidazole rings is 1. The summed E-state index contributed by atoms with van der Waals surface area (Å²) < 4.78 is 0. The van der Waals surface area contributed by atoms with Crippen LogP contribution >= 0.6 is 0 Å². The molecule has 0 saturated carbocycles. The second kappa shape index (κ2) is 6.13. The predicted octanol–water partition coefficient (Wildman–Crippen LogP) is 2.57. The van der Waals surface area contributed by atoms with E-state index in [1.807, 2.05) is 31.2 Å². The van der Waals surface area contributed by atoms with Crippen LogP contribution in [0.4, 0.5) is 0 Å². The molecule has 1 aliphatic heterocycles. The van der Waals surface area contributed by atoms with Crippen LogP contribution in [-0.2, 0) is 0 Å². The van der Waals surface area contributed by atoms with Gasteiger partial charge in [-0.3, -0.25) is 5.10 Å². The molecule has 6 heteroatoms. The molecule has 1 saturated heterocycles. The zero-order chi connectivity index (χ0) is 16.5. The molecule has 0 aliphatic carbocycles. The number of para-hydroxylation sites is 2. The standard InChI is InChI=1S/C18H22N6/c1-11(20-13-7-9-19-10-8-13)16-12(2)23-24-17(16)18-21-14-5-3-4-6-15(14)22-18/h3-6,13,19-20H,1,7-10H2,2H3,(H,21,22)(H,23,24). The largest absolute Gasteiger partial charge is 0.382 e. The zero-order valence-corrected chi connectivity index (χ0v) is 13.8. The number of piperidine rings is 1. The van der Waals surface area contributed by atoms with Crippen LogP contribution in [-0.4, -0.2) is 39.3 Å². The van der Waals surface area contributed by atoms with Gasteiger partial charge in [0, 0.05) is 23.0 Å². The second-order valence-electron chi connectivity index (χ2n) is 6.32. The summed E-state index contributed by atoms with van der Waals surface area (Å²) in [7, 11) is 0. The van der Waals surface area contributed by atoms with Crippen molar-refractivity contribution in [2.24, 2.45) is 0 Å². The molecule has 124 valence electrons. The maximum Gasteiger partial charge on any atom is 0.159 e. The van der Waals surface area contributed by atoms with E-state index in [0.29, 0.717) is 6.04 Å². The van der Waals surface area contributed by atoms with Crippen LogP contribution in [0.1, 0.15) is 24.1 Å². The molecule has 1 aromatic carbocycles. The number of nitrogens with zero attached hydrogens (tertiary/aromatic N) is 2. The Morgan fingerprint density at radius 1 is 1.25 bits per heavy atom. The first-order valence-electron chi connectivity index (χ1n) is 8.39. The highest BCUT2D eigenvalue weighted by atomic mass is 15.1. The number of H-pyrrole nitrogens is 2. The maximum absolute atomic E-state index is 4.67. The number of rotatable bonds is 4. The van der Waals surface area contributed by atoms with E-state index in [9.17, 15) is 0 Å². The lowest BCUT2D eigenvalue weighted by Gasteiger charge is -2.25. The summed E-state index contributed by atoms with van der Waals surface area (Å²) in [4.78, 5) is 8.02. The number of benzene rings is 1. The molecule has 3 aromatic rings. The predicted molar refractivity (Wildman–Crippen MR) is 96.5 cm³/mol. The summed E-state index contributed by atoms with van der Waals surface area (Å²) in [6, 6.07) is 8.46. The maximum atomic E-state index is 4.67. The minimum absolute atomic E-state index is 0.455. The van der Waals surface area contributed by atoms with Gasteiger partial charge in [-0.1, -0.05) is 18.7 Å². The molecule has 1 aliphatic rings. The lowest BCUT2D eigenvalue weighted by Crippen LogP contribution is -2.39. The molecule has 4 N–H and O–H groups in total. The lowest BCUT2D eigenvalue weighted by atomic mass is 10.0. The number of hydrogen-bond acceptors (Lipinski definition) is 4. The van der Waals surface area contributed by atoms with Crippen LogP contribution in [0.5, 0.6) is 0 Å². The summed E-state index contributed by atoms with van der Waals surface area (Å²) in [6.45, 7) is 8.37. The number of hydrogen-bond donors (Lipinski definition) is 4. The van der Waals surface area contributed by atoms with E-state index >= 15 is 0 Å². The van der Waals surface area contributed by atoms with E-state index in [1.165, 1.54) is 0 Å². The fraction of sp³-hybridized carbons (Fsp3) is 0.333. The smallest absolute Gasteiger partial charge is 0.159 e. The number of nitrogens with one attached hydrogen (secondary N) is 4. The molecule has 24 heavy (non-hydrogen) atoms. The fourth-order valence-electron chi connectivity index (χ4n) is 3.32. The first kappa shape index (κ1) is 15.0. The van der Waals surface area contributed by atoms with E-state index < -0.39 is 0 Å². The fourth-order valence-corrected chi connectivity index (χ4v) is 3.32. The van der Waals surface area contributed by atoms with Crippen molar-refractivity contribution < 1.29 is 0 Å². The molecule has 1 fully saturated rings. The second-order valence-corrected chi connectivity index (χ2v) is 6.32. The quantitative estimate of drug-likeness (QED) is 0.595. The monoisotopic (exact) mass is 322 g/mol. The number of aromatic amines is 2. The Morgan fingerprint density at radius 2 is 2.04 bits per heavy atom. The van der Waals surface area contributed by atoms with Crippen molar-refractivity contribution in [2.75, 3.05) is 13.1 Å². The molecular formula is C18H22N6. The van der Waals surface area contributed by atoms with Crippen LogP contribution in [0.15, 0.2) is 30.8 Å². The van der Waals surface area contributed by atoms with Crippen LogP contribution in [0.3, 0.4) is 0 Å². The Hall–Kier alpha value is -2.60. The summed E-state index contributed by atoms with van der Waals surface area (Å²) in [5, 5.41) is 14.5. The molecule has 0 radical (unpaired) electrons. The van der Waals surface area contributed by atoms with Gasteiger partial charge in [0.15, 0.2) is 5.82 Å². The Labute approximate surface area is 140 Å². The van der Waals surface area contributed by atoms with Gasteiger partial charge in [-0.15, -0.1) is 0 Å². The third-order valence-electron chi connectivity index (χ3n) is 4.58. The normalized spacial score (nSPS) is 15.7. The lowest BCUT2D eigenvalue weighted by molar-refractivity contribution is 0.425. The van der Waals surface area contributed by atoms with Gasteiger partial charge in [0.25, 0.3) is 0 Å². The molecule has 3 heterocycles. The third kappa shape index (κ3) is 2.69. The van der Waals surface area contributed by atoms with Crippen molar-refractivity contribution in [3.05, 3.63) is 42.1 Å². The van der Waals surface area contributed by atoms with E-state index in [2.05, 4.69) is 37.4 Å². The summed E-state index contributed by atoms with van der Waals surface area (Å²) >= 11 is 0. The zero-order valence-electron chi connectivity index (χ0n) is 13.8. The van der Waals surface area contributed by atoms with Crippen LogP contribution in [0, 0.1) is 6.92 Å². The summed E-state index contributed by atoms with van der Waals surface area (Å²) in [5.41, 5.74) is 5.68. The summed E-state index contributed by atoms with van der Waals surface area (Å²) in [6.07, 6.45) is 2.21. The van der Waals surface area contributed by atoms with E-state index in [0.717, 1.165) is 65.4 Å². The van der Waals surface area contributed by atoms with Gasteiger partial charge >= 0.3 is 0 Å². The average Bonchev–Trinajstić information content (AvgIpc) is 3.18. The molecule has 4 rings (SSSR count). The van der Waals surface area contributed by atoms with Gasteiger partial charge in [0.05, 0.1) is 11.0 Å². The first-order valence-corrected chi connectivity index (χ1v) is 8.39. The molecule has 0 bridgehead atoms. The third-order valence-corrected chi connectivity index (χ3v) is 4.58. The van der Waals surface area contributed by atoms with E-state index in [1.54, 1.807) is 0 Å². The highest BCUT2D eigenvalue weighted by Crippen LogP contribution is 2.28. The molecule has 0 atom stereocenters. The van der Waals surface area contributed by atoms with Crippen LogP contribution < -0.4 is 10.6 Å². The highest BCUT2D eigenvalue weighted by Gasteiger charge is 2.20. The van der Waals surface area contributed by atoms with Gasteiger partial charge in [-0.05, 0) is 45.0 Å². The topological polar surface area (TPSA) is 81.4 Å². The number of aryl methyl sites for hydroxylation is 1. The van der Waals surface area contributed by atoms with Gasteiger partial charge in [0.1, 0.15) is 5.69 Å². The van der Waals surface area contributed by atoms with Crippen molar-refractivity contribution in [3.63, 3.8) is 0 Å². The van der Waals surface area contributed by atoms with Crippen LogP contribution in [0.25, 0.3) is 28.2 Å². The van der Waals surface area contributed by atoms with Crippen molar-refractivity contribution in [1.29, 1.82) is 0 Å². The van der Waals surface area contributed by atoms with Gasteiger partial charge < -0.3 is 15.6 Å². The SMILES string of the molecule is C=C(NC1CCNCC1)c1c(-c2nc3ccccc3[nH]2)n[nH]c1C. The van der Waals surface area contributed by atoms with Gasteiger partial charge in [-0.25, -0.2) is 4.98 Å². The van der Waals surface area contributed by atoms with Gasteiger partial charge in [0.2, 0.25) is 0 Å². The van der Waals surface area contributed by atoms with Crippen LogP contribution in [0.2, 0.25) is 0 Å². The average molecular weight is 322 g/mol. The molecular weight excluding hydrogens is 300 g/mol. The summed E-state index contributed by atoms with van der Waals surface area (Å²) in [5.74, 6) is 0.767.